The van der Waals surface area contributed by atoms with Crippen LogP contribution >= 0.6 is 11.8 Å². The van der Waals surface area contributed by atoms with Crippen molar-refractivity contribution in [3.05, 3.63) is 99.6 Å². The Kier molecular flexibility index (Phi) is 5.01. The first kappa shape index (κ1) is 18.4. The Bertz CT molecular complexity index is 1230. The van der Waals surface area contributed by atoms with Gasteiger partial charge in [-0.1, -0.05) is 54.2 Å². The number of fused-ring (bicyclic) bond motifs is 1. The topological polar surface area (TPSA) is 34.9 Å². The predicted molar refractivity (Wildman–Crippen MR) is 113 cm³/mol. The van der Waals surface area contributed by atoms with E-state index in [-0.39, 0.29) is 11.2 Å². The van der Waals surface area contributed by atoms with Crippen molar-refractivity contribution in [1.29, 1.82) is 0 Å². The van der Waals surface area contributed by atoms with Crippen molar-refractivity contribution >= 4 is 22.7 Å². The largest absolute Gasteiger partial charge is 0.268 e. The first-order valence-corrected chi connectivity index (χ1v) is 9.99. The maximum absolute atomic E-state index is 14.5. The molecule has 3 nitrogen and oxygen atoms in total. The number of para-hydroxylation sites is 2. The second-order valence-corrected chi connectivity index (χ2v) is 7.65. The van der Waals surface area contributed by atoms with Gasteiger partial charge in [0, 0.05) is 5.75 Å². The minimum Gasteiger partial charge on any atom is -0.268 e. The van der Waals surface area contributed by atoms with Gasteiger partial charge in [0.25, 0.3) is 5.56 Å². The van der Waals surface area contributed by atoms with E-state index < -0.39 is 5.82 Å². The molecule has 0 spiro atoms. The van der Waals surface area contributed by atoms with E-state index in [2.05, 4.69) is 37.0 Å². The quantitative estimate of drug-likeness (QED) is 0.344. The van der Waals surface area contributed by atoms with Gasteiger partial charge >= 0.3 is 0 Å². The molecule has 140 valence electrons. The molecule has 0 radical (unpaired) electrons. The summed E-state index contributed by atoms with van der Waals surface area (Å²) in [7, 11) is 0. The molecule has 0 N–H and O–H groups in total. The van der Waals surface area contributed by atoms with E-state index in [9.17, 15) is 9.18 Å². The number of thioether (sulfide) groups is 1. The summed E-state index contributed by atoms with van der Waals surface area (Å²) in [6.07, 6.45) is 0. The minimum atomic E-state index is -0.449. The standard InChI is InChI=1S/C23H19FN2OS/c1-15-11-12-17(13-16(15)2)14-28-23-25-20-9-5-3-7-18(20)22(27)26(23)21-10-6-4-8-19(21)24/h3-13H,14H2,1-2H3. The van der Waals surface area contributed by atoms with E-state index in [0.717, 1.165) is 5.56 Å². The maximum Gasteiger partial charge on any atom is 0.266 e. The minimum absolute atomic E-state index is 0.216. The van der Waals surface area contributed by atoms with Crippen molar-refractivity contribution < 1.29 is 4.39 Å². The number of rotatable bonds is 4. The highest BCUT2D eigenvalue weighted by atomic mass is 32.2. The second kappa shape index (κ2) is 7.60. The van der Waals surface area contributed by atoms with Crippen LogP contribution in [0, 0.1) is 19.7 Å². The fourth-order valence-corrected chi connectivity index (χ4v) is 4.04. The van der Waals surface area contributed by atoms with Crippen LogP contribution in [0.2, 0.25) is 0 Å². The van der Waals surface area contributed by atoms with Crippen LogP contribution in [0.3, 0.4) is 0 Å². The van der Waals surface area contributed by atoms with Crippen molar-refractivity contribution in [3.63, 3.8) is 0 Å². The molecule has 28 heavy (non-hydrogen) atoms. The molecule has 1 aromatic heterocycles. The lowest BCUT2D eigenvalue weighted by Crippen LogP contribution is -2.22. The molecule has 3 aromatic carbocycles. The van der Waals surface area contributed by atoms with E-state index in [1.807, 2.05) is 12.1 Å². The number of halogens is 1. The van der Waals surface area contributed by atoms with Crippen LogP contribution in [0.15, 0.2) is 76.7 Å². The van der Waals surface area contributed by atoms with Gasteiger partial charge in [-0.3, -0.25) is 9.36 Å². The first-order chi connectivity index (χ1) is 13.5. The van der Waals surface area contributed by atoms with E-state index in [1.54, 1.807) is 30.3 Å². The molecular formula is C23H19FN2OS. The van der Waals surface area contributed by atoms with Crippen molar-refractivity contribution in [2.75, 3.05) is 0 Å². The molecule has 4 rings (SSSR count). The first-order valence-electron chi connectivity index (χ1n) is 9.00. The number of hydrogen-bond donors (Lipinski definition) is 0. The molecule has 0 aliphatic heterocycles. The lowest BCUT2D eigenvalue weighted by atomic mass is 10.1. The molecule has 0 aliphatic rings. The SMILES string of the molecule is Cc1ccc(CSc2nc3ccccc3c(=O)n2-c2ccccc2F)cc1C. The highest BCUT2D eigenvalue weighted by Gasteiger charge is 2.16. The lowest BCUT2D eigenvalue weighted by molar-refractivity contribution is 0.608. The zero-order chi connectivity index (χ0) is 19.7. The molecule has 4 aromatic rings. The normalized spacial score (nSPS) is 11.1. The Morgan fingerprint density at radius 1 is 0.964 bits per heavy atom. The zero-order valence-corrected chi connectivity index (χ0v) is 16.5. The molecule has 0 unspecified atom stereocenters. The number of benzene rings is 3. The third kappa shape index (κ3) is 3.45. The smallest absolute Gasteiger partial charge is 0.266 e. The van der Waals surface area contributed by atoms with Gasteiger partial charge in [-0.15, -0.1) is 0 Å². The van der Waals surface area contributed by atoms with Gasteiger partial charge in [0.2, 0.25) is 0 Å². The van der Waals surface area contributed by atoms with E-state index in [1.165, 1.54) is 33.5 Å². The van der Waals surface area contributed by atoms with Crippen LogP contribution in [0.25, 0.3) is 16.6 Å². The fourth-order valence-electron chi connectivity index (χ4n) is 3.10. The van der Waals surface area contributed by atoms with Gasteiger partial charge in [-0.25, -0.2) is 9.37 Å². The summed E-state index contributed by atoms with van der Waals surface area (Å²) in [5.41, 5.74) is 4.15. The lowest BCUT2D eigenvalue weighted by Gasteiger charge is -2.14. The van der Waals surface area contributed by atoms with Gasteiger partial charge < -0.3 is 0 Å². The monoisotopic (exact) mass is 390 g/mol. The Morgan fingerprint density at radius 2 is 1.71 bits per heavy atom. The van der Waals surface area contributed by atoms with Crippen LogP contribution < -0.4 is 5.56 Å². The third-order valence-electron chi connectivity index (χ3n) is 4.78. The molecule has 0 amide bonds. The summed E-state index contributed by atoms with van der Waals surface area (Å²) in [6.45, 7) is 4.15. The van der Waals surface area contributed by atoms with Crippen molar-refractivity contribution in [3.8, 4) is 5.69 Å². The highest BCUT2D eigenvalue weighted by Crippen LogP contribution is 2.26. The molecule has 5 heteroatoms. The number of aryl methyl sites for hydroxylation is 2. The molecule has 1 heterocycles. The predicted octanol–water partition coefficient (Wildman–Crippen LogP) is 5.43. The van der Waals surface area contributed by atoms with Crippen molar-refractivity contribution in [2.45, 2.75) is 24.8 Å². The van der Waals surface area contributed by atoms with Gasteiger partial charge in [-0.05, 0) is 54.8 Å². The average molecular weight is 390 g/mol. The summed E-state index contributed by atoms with van der Waals surface area (Å²) in [6, 6.07) is 19.8. The van der Waals surface area contributed by atoms with Crippen molar-refractivity contribution in [2.24, 2.45) is 0 Å². The van der Waals surface area contributed by atoms with E-state index in [0.29, 0.717) is 21.8 Å². The summed E-state index contributed by atoms with van der Waals surface area (Å²) in [4.78, 5) is 17.8. The molecule has 0 fully saturated rings. The number of aromatic nitrogens is 2. The fraction of sp³-hybridized carbons (Fsp3) is 0.130. The van der Waals surface area contributed by atoms with Gasteiger partial charge in [-0.2, -0.15) is 0 Å². The Morgan fingerprint density at radius 3 is 2.50 bits per heavy atom. The van der Waals surface area contributed by atoms with Gasteiger partial charge in [0.05, 0.1) is 16.6 Å². The van der Waals surface area contributed by atoms with Gasteiger partial charge in [0.15, 0.2) is 5.16 Å². The van der Waals surface area contributed by atoms with E-state index in [4.69, 9.17) is 0 Å². The number of hydrogen-bond acceptors (Lipinski definition) is 3. The molecular weight excluding hydrogens is 371 g/mol. The Balaban J connectivity index is 1.84. The highest BCUT2D eigenvalue weighted by molar-refractivity contribution is 7.98. The summed E-state index contributed by atoms with van der Waals surface area (Å²) in [5, 5.41) is 0.952. The van der Waals surface area contributed by atoms with Crippen LogP contribution in [-0.4, -0.2) is 9.55 Å². The Hall–Kier alpha value is -2.92. The van der Waals surface area contributed by atoms with Gasteiger partial charge in [0.1, 0.15) is 5.82 Å². The van der Waals surface area contributed by atoms with Crippen LogP contribution in [0.4, 0.5) is 4.39 Å². The average Bonchev–Trinajstić information content (AvgIpc) is 2.70. The summed E-state index contributed by atoms with van der Waals surface area (Å²) in [5.74, 6) is 0.190. The van der Waals surface area contributed by atoms with Crippen LogP contribution in [0.5, 0.6) is 0 Å². The van der Waals surface area contributed by atoms with Crippen LogP contribution in [0.1, 0.15) is 16.7 Å². The second-order valence-electron chi connectivity index (χ2n) is 6.71. The summed E-state index contributed by atoms with van der Waals surface area (Å²) >= 11 is 1.43. The van der Waals surface area contributed by atoms with Crippen LogP contribution in [-0.2, 0) is 5.75 Å². The molecule has 0 bridgehead atoms. The maximum atomic E-state index is 14.5. The van der Waals surface area contributed by atoms with Crippen molar-refractivity contribution in [1.82, 2.24) is 9.55 Å². The zero-order valence-electron chi connectivity index (χ0n) is 15.6. The molecule has 0 atom stereocenters. The number of nitrogens with zero attached hydrogens (tertiary/aromatic N) is 2. The molecule has 0 saturated carbocycles. The third-order valence-corrected chi connectivity index (χ3v) is 5.79. The molecule has 0 saturated heterocycles. The van der Waals surface area contributed by atoms with E-state index >= 15 is 0 Å². The summed E-state index contributed by atoms with van der Waals surface area (Å²) < 4.78 is 15.9. The Labute approximate surface area is 166 Å². The molecule has 0 aliphatic carbocycles.